The van der Waals surface area contributed by atoms with E-state index in [2.05, 4.69) is 117 Å². The predicted molar refractivity (Wildman–Crippen MR) is 174 cm³/mol. The van der Waals surface area contributed by atoms with Crippen LogP contribution in [0.15, 0.2) is 127 Å². The molecule has 198 valence electrons. The molecule has 0 saturated carbocycles. The highest BCUT2D eigenvalue weighted by molar-refractivity contribution is 6.22. The minimum atomic E-state index is 0.769. The second-order valence-corrected chi connectivity index (χ2v) is 10.9. The lowest BCUT2D eigenvalue weighted by Gasteiger charge is -2.12. The van der Waals surface area contributed by atoms with Gasteiger partial charge in [-0.1, -0.05) is 66.7 Å². The van der Waals surface area contributed by atoms with Crippen LogP contribution >= 0.6 is 0 Å². The zero-order valence-corrected chi connectivity index (χ0v) is 22.8. The monoisotopic (exact) mass is 539 g/mol. The largest absolute Gasteiger partial charge is 0.309 e. The van der Waals surface area contributed by atoms with Crippen LogP contribution in [0.1, 0.15) is 12.2 Å². The Morgan fingerprint density at radius 2 is 1.26 bits per heavy atom. The molecular formula is C37H25N5. The highest BCUT2D eigenvalue weighted by atomic mass is 15.0. The van der Waals surface area contributed by atoms with E-state index in [0.29, 0.717) is 0 Å². The van der Waals surface area contributed by atoms with Gasteiger partial charge in [-0.2, -0.15) is 0 Å². The molecule has 5 heteroatoms. The first kappa shape index (κ1) is 23.2. The van der Waals surface area contributed by atoms with E-state index in [4.69, 9.17) is 9.97 Å². The smallest absolute Gasteiger partial charge is 0.155 e. The molecule has 5 nitrogen and oxygen atoms in total. The molecule has 1 aliphatic heterocycles. The lowest BCUT2D eigenvalue weighted by Crippen LogP contribution is -2.02. The van der Waals surface area contributed by atoms with Gasteiger partial charge in [0.2, 0.25) is 0 Å². The number of aliphatic imine (C=N–C) groups is 1. The molecule has 0 bridgehead atoms. The van der Waals surface area contributed by atoms with Crippen LogP contribution < -0.4 is 0 Å². The maximum atomic E-state index is 4.81. The molecule has 42 heavy (non-hydrogen) atoms. The summed E-state index contributed by atoms with van der Waals surface area (Å²) < 4.78 is 4.71. The van der Waals surface area contributed by atoms with Crippen molar-refractivity contribution in [3.8, 4) is 11.4 Å². The average molecular weight is 540 g/mol. The number of fused-ring (bicyclic) bond motifs is 8. The van der Waals surface area contributed by atoms with Gasteiger partial charge in [-0.3, -0.25) is 4.99 Å². The van der Waals surface area contributed by atoms with Gasteiger partial charge >= 0.3 is 0 Å². The Labute approximate surface area is 241 Å². The van der Waals surface area contributed by atoms with Crippen LogP contribution in [0.25, 0.3) is 71.3 Å². The van der Waals surface area contributed by atoms with E-state index >= 15 is 0 Å². The van der Waals surface area contributed by atoms with Crippen molar-refractivity contribution in [3.05, 3.63) is 127 Å². The molecular weight excluding hydrogens is 514 g/mol. The number of allylic oxidation sites excluding steroid dienone is 1. The van der Waals surface area contributed by atoms with Gasteiger partial charge < -0.3 is 9.13 Å². The molecule has 0 saturated heterocycles. The van der Waals surface area contributed by atoms with Crippen LogP contribution in [-0.4, -0.2) is 31.9 Å². The van der Waals surface area contributed by atoms with E-state index in [1.807, 2.05) is 24.7 Å². The molecule has 0 spiro atoms. The highest BCUT2D eigenvalue weighted by Crippen LogP contribution is 2.40. The molecule has 0 unspecified atom stereocenters. The van der Waals surface area contributed by atoms with Crippen molar-refractivity contribution in [1.29, 1.82) is 0 Å². The maximum Gasteiger partial charge on any atom is 0.155 e. The second-order valence-electron chi connectivity index (χ2n) is 10.9. The van der Waals surface area contributed by atoms with Crippen LogP contribution in [0.5, 0.6) is 0 Å². The van der Waals surface area contributed by atoms with Gasteiger partial charge in [-0.05, 0) is 54.3 Å². The highest BCUT2D eigenvalue weighted by Gasteiger charge is 2.19. The lowest BCUT2D eigenvalue weighted by molar-refractivity contribution is 0.974. The molecule has 0 atom stereocenters. The van der Waals surface area contributed by atoms with Gasteiger partial charge in [-0.15, -0.1) is 0 Å². The fraction of sp³-hybridized carbons (Fsp3) is 0.0541. The van der Waals surface area contributed by atoms with E-state index in [-0.39, 0.29) is 0 Å². The molecule has 0 N–H and O–H groups in total. The summed E-state index contributed by atoms with van der Waals surface area (Å²) in [6.07, 6.45) is 8.65. The molecule has 8 aromatic rings. The first-order chi connectivity index (χ1) is 20.8. The number of benzene rings is 5. The number of para-hydroxylation sites is 3. The molecule has 0 fully saturated rings. The summed E-state index contributed by atoms with van der Waals surface area (Å²) in [7, 11) is 0. The topological polar surface area (TPSA) is 48.0 Å². The summed E-state index contributed by atoms with van der Waals surface area (Å²) in [4.78, 5) is 13.9. The van der Waals surface area contributed by atoms with Gasteiger partial charge in [0, 0.05) is 51.0 Å². The summed E-state index contributed by atoms with van der Waals surface area (Å²) in [5.74, 6) is 0.769. The quantitative estimate of drug-likeness (QED) is 0.225. The first-order valence-corrected chi connectivity index (χ1v) is 14.3. The molecule has 0 amide bonds. The number of aromatic nitrogens is 4. The minimum Gasteiger partial charge on any atom is -0.309 e. The van der Waals surface area contributed by atoms with Crippen molar-refractivity contribution in [2.75, 3.05) is 6.54 Å². The van der Waals surface area contributed by atoms with Crippen molar-refractivity contribution in [2.24, 2.45) is 4.99 Å². The van der Waals surface area contributed by atoms with Gasteiger partial charge in [-0.25, -0.2) is 9.97 Å². The fourth-order valence-electron chi connectivity index (χ4n) is 6.64. The molecule has 0 radical (unpaired) electrons. The van der Waals surface area contributed by atoms with Crippen molar-refractivity contribution in [3.63, 3.8) is 0 Å². The molecule has 4 heterocycles. The molecule has 5 aromatic carbocycles. The fourth-order valence-corrected chi connectivity index (χ4v) is 6.64. The van der Waals surface area contributed by atoms with Crippen molar-refractivity contribution in [1.82, 2.24) is 19.1 Å². The standard InChI is InChI=1S/C37H25N5/c1-2-8-26(9-3-1)41-33-12-6-5-11-29(33)32-21-31-25(20-35(32)41)14-15-30-28-10-4-7-13-34(28)42(36(30)31)27-22-39-37(40-23-27)24-16-18-38-19-17-24/h1-16,18,20-23H,17,19H2. The number of hydrogen-bond donors (Lipinski definition) is 0. The number of nitrogens with zero attached hydrogens (tertiary/aromatic N) is 5. The van der Waals surface area contributed by atoms with Crippen LogP contribution in [0.3, 0.4) is 0 Å². The number of hydrogen-bond acceptors (Lipinski definition) is 3. The second kappa shape index (κ2) is 8.98. The summed E-state index contributed by atoms with van der Waals surface area (Å²) in [6, 6.07) is 37.2. The zero-order valence-electron chi connectivity index (χ0n) is 22.8. The maximum absolute atomic E-state index is 4.81. The lowest BCUT2D eigenvalue weighted by atomic mass is 10.0. The van der Waals surface area contributed by atoms with Crippen molar-refractivity contribution < 1.29 is 0 Å². The Kier molecular flexibility index (Phi) is 4.96. The van der Waals surface area contributed by atoms with E-state index in [9.17, 15) is 0 Å². The Bertz CT molecular complexity index is 2390. The van der Waals surface area contributed by atoms with Crippen molar-refractivity contribution >= 4 is 66.2 Å². The Balaban J connectivity index is 1.37. The van der Waals surface area contributed by atoms with Gasteiger partial charge in [0.05, 0.1) is 40.1 Å². The minimum absolute atomic E-state index is 0.769. The van der Waals surface area contributed by atoms with Crippen LogP contribution in [-0.2, 0) is 0 Å². The van der Waals surface area contributed by atoms with Crippen LogP contribution in [0.4, 0.5) is 0 Å². The molecule has 9 rings (SSSR count). The third-order valence-corrected chi connectivity index (χ3v) is 8.53. The van der Waals surface area contributed by atoms with Crippen LogP contribution in [0.2, 0.25) is 0 Å². The molecule has 0 aliphatic carbocycles. The predicted octanol–water partition coefficient (Wildman–Crippen LogP) is 8.68. The summed E-state index contributed by atoms with van der Waals surface area (Å²) in [5, 5.41) is 7.33. The van der Waals surface area contributed by atoms with E-state index in [0.717, 1.165) is 41.3 Å². The Morgan fingerprint density at radius 3 is 2.02 bits per heavy atom. The van der Waals surface area contributed by atoms with Crippen LogP contribution in [0, 0.1) is 0 Å². The van der Waals surface area contributed by atoms with Gasteiger partial charge in [0.1, 0.15) is 0 Å². The zero-order chi connectivity index (χ0) is 27.6. The summed E-state index contributed by atoms with van der Waals surface area (Å²) >= 11 is 0. The van der Waals surface area contributed by atoms with Gasteiger partial charge in [0.25, 0.3) is 0 Å². The first-order valence-electron chi connectivity index (χ1n) is 14.3. The van der Waals surface area contributed by atoms with Crippen molar-refractivity contribution in [2.45, 2.75) is 6.42 Å². The van der Waals surface area contributed by atoms with Gasteiger partial charge in [0.15, 0.2) is 5.82 Å². The third-order valence-electron chi connectivity index (χ3n) is 8.53. The van der Waals surface area contributed by atoms with E-state index in [1.165, 1.54) is 48.9 Å². The average Bonchev–Trinajstić information content (AvgIpc) is 3.57. The Hall–Kier alpha value is -5.55. The number of dihydropyridines is 1. The summed E-state index contributed by atoms with van der Waals surface area (Å²) in [5.41, 5.74) is 7.97. The molecule has 3 aromatic heterocycles. The third kappa shape index (κ3) is 3.34. The summed E-state index contributed by atoms with van der Waals surface area (Å²) in [6.45, 7) is 0.783. The molecule has 1 aliphatic rings. The van der Waals surface area contributed by atoms with E-state index < -0.39 is 0 Å². The Morgan fingerprint density at radius 1 is 0.548 bits per heavy atom. The number of rotatable bonds is 3. The SMILES string of the molecule is C1=NCCC(c2ncc(-n3c4ccccc4c4ccc5cc6c(cc5c43)c3ccccc3n6-c3ccccc3)cn2)=C1. The normalized spacial score (nSPS) is 13.6. The van der Waals surface area contributed by atoms with E-state index in [1.54, 1.807) is 0 Å².